The molecular formula is C20H17Cl2NO3. The monoisotopic (exact) mass is 389 g/mol. The summed E-state index contributed by atoms with van der Waals surface area (Å²) in [6.07, 6.45) is 1.59. The van der Waals surface area contributed by atoms with Crippen LogP contribution in [-0.4, -0.2) is 35.3 Å². The molecule has 0 bridgehead atoms. The first-order chi connectivity index (χ1) is 12.5. The molecule has 2 heterocycles. The van der Waals surface area contributed by atoms with Gasteiger partial charge in [-0.1, -0.05) is 35.3 Å². The van der Waals surface area contributed by atoms with Crippen LogP contribution < -0.4 is 4.74 Å². The molecule has 0 unspecified atom stereocenters. The average molecular weight is 390 g/mol. The third-order valence-corrected chi connectivity index (χ3v) is 5.67. The highest BCUT2D eigenvalue weighted by molar-refractivity contribution is 6.36. The van der Waals surface area contributed by atoms with Crippen molar-refractivity contribution in [2.45, 2.75) is 24.9 Å². The normalized spacial score (nSPS) is 18.4. The quantitative estimate of drug-likeness (QED) is 0.713. The van der Waals surface area contributed by atoms with Gasteiger partial charge in [0.2, 0.25) is 0 Å². The van der Waals surface area contributed by atoms with Crippen molar-refractivity contribution >= 4 is 34.9 Å². The molecule has 0 aromatic heterocycles. The number of rotatable bonds is 1. The van der Waals surface area contributed by atoms with Gasteiger partial charge in [-0.15, -0.1) is 0 Å². The van der Waals surface area contributed by atoms with E-state index in [1.54, 1.807) is 29.2 Å². The van der Waals surface area contributed by atoms with Crippen molar-refractivity contribution in [3.05, 3.63) is 63.6 Å². The molecule has 0 radical (unpaired) electrons. The van der Waals surface area contributed by atoms with Crippen LogP contribution in [-0.2, 0) is 0 Å². The standard InChI is InChI=1S/C20H17Cl2NO3/c21-13-5-6-14(16(22)11-13)19(25)23-9-7-20(8-10-23)12-17(24)15-3-1-2-4-18(15)26-20/h1-6,11H,7-10,12H2. The number of likely N-dealkylation sites (tertiary alicyclic amines) is 1. The number of para-hydroxylation sites is 1. The van der Waals surface area contributed by atoms with Crippen LogP contribution in [0.2, 0.25) is 10.0 Å². The fraction of sp³-hybridized carbons (Fsp3) is 0.300. The number of hydrogen-bond acceptors (Lipinski definition) is 3. The SMILES string of the molecule is O=C1CC2(CCN(C(=O)c3ccc(Cl)cc3Cl)CC2)Oc2ccccc21. The number of hydrogen-bond donors (Lipinski definition) is 0. The molecule has 1 saturated heterocycles. The lowest BCUT2D eigenvalue weighted by atomic mass is 9.82. The van der Waals surface area contributed by atoms with Crippen LogP contribution in [0.3, 0.4) is 0 Å². The highest BCUT2D eigenvalue weighted by Crippen LogP contribution is 2.39. The lowest BCUT2D eigenvalue weighted by Gasteiger charge is -2.44. The molecule has 0 atom stereocenters. The van der Waals surface area contributed by atoms with Crippen LogP contribution in [0.5, 0.6) is 5.75 Å². The van der Waals surface area contributed by atoms with Gasteiger partial charge >= 0.3 is 0 Å². The molecule has 0 aliphatic carbocycles. The second-order valence-electron chi connectivity index (χ2n) is 6.80. The van der Waals surface area contributed by atoms with Crippen molar-refractivity contribution in [3.8, 4) is 5.75 Å². The van der Waals surface area contributed by atoms with E-state index in [1.165, 1.54) is 0 Å². The number of piperidine rings is 1. The number of carbonyl (C=O) groups excluding carboxylic acids is 2. The van der Waals surface area contributed by atoms with E-state index >= 15 is 0 Å². The molecule has 2 aliphatic heterocycles. The first kappa shape index (κ1) is 17.4. The number of amides is 1. The van der Waals surface area contributed by atoms with Gasteiger partial charge in [0.1, 0.15) is 11.4 Å². The molecule has 0 N–H and O–H groups in total. The number of nitrogens with zero attached hydrogens (tertiary/aromatic N) is 1. The van der Waals surface area contributed by atoms with Gasteiger partial charge in [-0.2, -0.15) is 0 Å². The highest BCUT2D eigenvalue weighted by Gasteiger charge is 2.43. The maximum Gasteiger partial charge on any atom is 0.255 e. The summed E-state index contributed by atoms with van der Waals surface area (Å²) in [5, 5.41) is 0.845. The summed E-state index contributed by atoms with van der Waals surface area (Å²) in [4.78, 5) is 27.0. The molecule has 134 valence electrons. The zero-order valence-electron chi connectivity index (χ0n) is 14.0. The van der Waals surface area contributed by atoms with E-state index in [2.05, 4.69) is 0 Å². The molecule has 26 heavy (non-hydrogen) atoms. The van der Waals surface area contributed by atoms with Gasteiger partial charge in [0.15, 0.2) is 5.78 Å². The zero-order chi connectivity index (χ0) is 18.3. The van der Waals surface area contributed by atoms with Crippen molar-refractivity contribution in [2.24, 2.45) is 0 Å². The van der Waals surface area contributed by atoms with Gasteiger partial charge in [-0.3, -0.25) is 9.59 Å². The minimum atomic E-state index is -0.522. The molecule has 1 spiro atoms. The Morgan fingerprint density at radius 2 is 1.81 bits per heavy atom. The number of ether oxygens (including phenoxy) is 1. The number of carbonyl (C=O) groups is 2. The van der Waals surface area contributed by atoms with Crippen molar-refractivity contribution < 1.29 is 14.3 Å². The maximum absolute atomic E-state index is 12.8. The molecule has 1 fully saturated rings. The summed E-state index contributed by atoms with van der Waals surface area (Å²) in [5.74, 6) is 0.626. The minimum Gasteiger partial charge on any atom is -0.486 e. The van der Waals surface area contributed by atoms with E-state index in [0.717, 1.165) is 0 Å². The predicted molar refractivity (Wildman–Crippen MR) is 100 cm³/mol. The molecule has 4 rings (SSSR count). The highest BCUT2D eigenvalue weighted by atomic mass is 35.5. The number of fused-ring (bicyclic) bond motifs is 1. The van der Waals surface area contributed by atoms with Crippen LogP contribution in [0, 0.1) is 0 Å². The Morgan fingerprint density at radius 1 is 1.08 bits per heavy atom. The van der Waals surface area contributed by atoms with E-state index in [1.807, 2.05) is 18.2 Å². The van der Waals surface area contributed by atoms with Crippen molar-refractivity contribution in [2.75, 3.05) is 13.1 Å². The van der Waals surface area contributed by atoms with Crippen molar-refractivity contribution in [1.82, 2.24) is 4.90 Å². The summed E-state index contributed by atoms with van der Waals surface area (Å²) >= 11 is 12.1. The molecular weight excluding hydrogens is 373 g/mol. The van der Waals surface area contributed by atoms with Gasteiger partial charge in [0, 0.05) is 31.0 Å². The third kappa shape index (κ3) is 3.08. The number of ketones is 1. The summed E-state index contributed by atoms with van der Waals surface area (Å²) < 4.78 is 6.20. The van der Waals surface area contributed by atoms with Crippen molar-refractivity contribution in [3.63, 3.8) is 0 Å². The molecule has 4 nitrogen and oxygen atoms in total. The second-order valence-corrected chi connectivity index (χ2v) is 7.64. The summed E-state index contributed by atoms with van der Waals surface area (Å²) in [6, 6.07) is 12.2. The van der Waals surface area contributed by atoms with E-state index < -0.39 is 5.60 Å². The number of halogens is 2. The molecule has 2 aromatic carbocycles. The number of Topliss-reactive ketones (excluding diaryl/α,β-unsaturated/α-hetero) is 1. The predicted octanol–water partition coefficient (Wildman–Crippen LogP) is 4.63. The van der Waals surface area contributed by atoms with Crippen LogP contribution in [0.1, 0.15) is 40.0 Å². The van der Waals surface area contributed by atoms with Gasteiger partial charge in [-0.05, 0) is 30.3 Å². The van der Waals surface area contributed by atoms with Gasteiger partial charge in [0.05, 0.1) is 22.6 Å². The van der Waals surface area contributed by atoms with Crippen molar-refractivity contribution in [1.29, 1.82) is 0 Å². The Kier molecular flexibility index (Phi) is 4.41. The van der Waals surface area contributed by atoms with Crippen LogP contribution in [0.4, 0.5) is 0 Å². The maximum atomic E-state index is 12.8. The summed E-state index contributed by atoms with van der Waals surface area (Å²) in [5.41, 5.74) is 0.564. The van der Waals surface area contributed by atoms with Crippen LogP contribution in [0.15, 0.2) is 42.5 Å². The third-order valence-electron chi connectivity index (χ3n) is 5.12. The minimum absolute atomic E-state index is 0.104. The fourth-order valence-electron chi connectivity index (χ4n) is 3.67. The Hall–Kier alpha value is -2.04. The van der Waals surface area contributed by atoms with Crippen LogP contribution in [0.25, 0.3) is 0 Å². The fourth-order valence-corrected chi connectivity index (χ4v) is 4.16. The lowest BCUT2D eigenvalue weighted by molar-refractivity contribution is -0.00569. The van der Waals surface area contributed by atoms with E-state index in [9.17, 15) is 9.59 Å². The van der Waals surface area contributed by atoms with E-state index in [-0.39, 0.29) is 11.7 Å². The molecule has 2 aliphatic rings. The van der Waals surface area contributed by atoms with Crippen LogP contribution >= 0.6 is 23.2 Å². The Bertz CT molecular complexity index is 888. The van der Waals surface area contributed by atoms with Gasteiger partial charge in [0.25, 0.3) is 5.91 Å². The Labute approximate surface area is 161 Å². The number of benzene rings is 2. The van der Waals surface area contributed by atoms with E-state index in [4.69, 9.17) is 27.9 Å². The summed E-state index contributed by atoms with van der Waals surface area (Å²) in [6.45, 7) is 1.04. The molecule has 6 heteroatoms. The second kappa shape index (κ2) is 6.60. The summed E-state index contributed by atoms with van der Waals surface area (Å²) in [7, 11) is 0. The Balaban J connectivity index is 1.49. The lowest BCUT2D eigenvalue weighted by Crippen LogP contribution is -2.52. The topological polar surface area (TPSA) is 46.6 Å². The molecule has 0 saturated carbocycles. The van der Waals surface area contributed by atoms with E-state index in [0.29, 0.717) is 59.3 Å². The average Bonchev–Trinajstić information content (AvgIpc) is 2.62. The zero-order valence-corrected chi connectivity index (χ0v) is 15.5. The van der Waals surface area contributed by atoms with Gasteiger partial charge in [-0.25, -0.2) is 0 Å². The molecule has 2 aromatic rings. The first-order valence-corrected chi connectivity index (χ1v) is 9.29. The van der Waals surface area contributed by atoms with Gasteiger partial charge < -0.3 is 9.64 Å². The smallest absolute Gasteiger partial charge is 0.255 e. The Morgan fingerprint density at radius 3 is 2.54 bits per heavy atom. The molecule has 1 amide bonds. The first-order valence-electron chi connectivity index (χ1n) is 8.53. The largest absolute Gasteiger partial charge is 0.486 e.